The smallest absolute Gasteiger partial charge is 0.255 e. The predicted molar refractivity (Wildman–Crippen MR) is 113 cm³/mol. The van der Waals surface area contributed by atoms with Gasteiger partial charge in [-0.1, -0.05) is 12.1 Å². The van der Waals surface area contributed by atoms with Gasteiger partial charge >= 0.3 is 0 Å². The second-order valence-electron chi connectivity index (χ2n) is 6.03. The van der Waals surface area contributed by atoms with Crippen molar-refractivity contribution in [3.63, 3.8) is 0 Å². The summed E-state index contributed by atoms with van der Waals surface area (Å²) in [6, 6.07) is 10.5. The van der Waals surface area contributed by atoms with Gasteiger partial charge in [0.25, 0.3) is 5.91 Å². The van der Waals surface area contributed by atoms with Gasteiger partial charge in [-0.05, 0) is 17.7 Å². The molecule has 3 rings (SSSR count). The summed E-state index contributed by atoms with van der Waals surface area (Å²) in [6.07, 6.45) is 4.87. The minimum atomic E-state index is -0.294. The number of nitrogens with one attached hydrogen (secondary N) is 1. The van der Waals surface area contributed by atoms with E-state index in [1.54, 1.807) is 48.9 Å². The molecule has 0 spiro atoms. The van der Waals surface area contributed by atoms with Crippen molar-refractivity contribution >= 4 is 24.2 Å². The summed E-state index contributed by atoms with van der Waals surface area (Å²) in [5.74, 6) is 1.08. The van der Waals surface area contributed by atoms with Gasteiger partial charge in [0.2, 0.25) is 5.75 Å². The quantitative estimate of drug-likeness (QED) is 0.576. The Morgan fingerprint density at radius 2 is 1.76 bits per heavy atom. The summed E-state index contributed by atoms with van der Waals surface area (Å²) in [4.78, 5) is 21.1. The Bertz CT molecular complexity index is 973. The molecule has 0 saturated carbocycles. The SMILES string of the molecule is COc1cc(NC(=O)c2cccc(C(S)c3cnccn3)c2)cc(OC)c1OC. The van der Waals surface area contributed by atoms with E-state index < -0.39 is 0 Å². The number of ether oxygens (including phenoxy) is 3. The number of aromatic nitrogens is 2. The Morgan fingerprint density at radius 1 is 1.03 bits per heavy atom. The zero-order valence-electron chi connectivity index (χ0n) is 16.2. The largest absolute Gasteiger partial charge is 0.493 e. The molecular weight excluding hydrogens is 390 g/mol. The third-order valence-corrected chi connectivity index (χ3v) is 4.81. The van der Waals surface area contributed by atoms with E-state index in [-0.39, 0.29) is 11.2 Å². The first-order valence-corrected chi connectivity index (χ1v) is 9.24. The van der Waals surface area contributed by atoms with Gasteiger partial charge in [-0.25, -0.2) is 0 Å². The molecule has 0 aliphatic heterocycles. The van der Waals surface area contributed by atoms with Crippen LogP contribution in [0.25, 0.3) is 0 Å². The number of benzene rings is 2. The minimum Gasteiger partial charge on any atom is -0.493 e. The van der Waals surface area contributed by atoms with Crippen LogP contribution in [0.3, 0.4) is 0 Å². The Balaban J connectivity index is 1.85. The summed E-state index contributed by atoms with van der Waals surface area (Å²) in [6.45, 7) is 0. The van der Waals surface area contributed by atoms with Gasteiger partial charge in [-0.3, -0.25) is 14.8 Å². The van der Waals surface area contributed by atoms with E-state index in [2.05, 4.69) is 27.9 Å². The highest BCUT2D eigenvalue weighted by Crippen LogP contribution is 2.40. The first kappa shape index (κ1) is 20.5. The third kappa shape index (κ3) is 4.60. The number of anilines is 1. The van der Waals surface area contributed by atoms with Gasteiger partial charge < -0.3 is 19.5 Å². The van der Waals surface area contributed by atoms with Crippen molar-refractivity contribution in [2.45, 2.75) is 5.25 Å². The maximum atomic E-state index is 12.8. The number of methoxy groups -OCH3 is 3. The first-order chi connectivity index (χ1) is 14.1. The van der Waals surface area contributed by atoms with E-state index in [1.807, 2.05) is 6.07 Å². The number of carbonyl (C=O) groups excluding carboxylic acids is 1. The van der Waals surface area contributed by atoms with Crippen LogP contribution in [0.15, 0.2) is 55.0 Å². The van der Waals surface area contributed by atoms with Crippen molar-refractivity contribution in [2.24, 2.45) is 0 Å². The molecule has 1 heterocycles. The summed E-state index contributed by atoms with van der Waals surface area (Å²) in [5, 5.41) is 2.56. The number of hydrogen-bond donors (Lipinski definition) is 2. The van der Waals surface area contributed by atoms with Crippen molar-refractivity contribution in [1.29, 1.82) is 0 Å². The van der Waals surface area contributed by atoms with Gasteiger partial charge in [-0.2, -0.15) is 12.6 Å². The molecule has 3 aromatic rings. The first-order valence-electron chi connectivity index (χ1n) is 8.72. The highest BCUT2D eigenvalue weighted by atomic mass is 32.1. The monoisotopic (exact) mass is 411 g/mol. The summed E-state index contributed by atoms with van der Waals surface area (Å²) in [7, 11) is 4.56. The number of amides is 1. The summed E-state index contributed by atoms with van der Waals surface area (Å²) in [5.41, 5.74) is 2.55. The van der Waals surface area contributed by atoms with Crippen molar-refractivity contribution in [2.75, 3.05) is 26.6 Å². The molecule has 1 atom stereocenters. The predicted octanol–water partition coefficient (Wildman–Crippen LogP) is 3.77. The van der Waals surface area contributed by atoms with E-state index in [0.717, 1.165) is 5.56 Å². The molecule has 1 N–H and O–H groups in total. The van der Waals surface area contributed by atoms with Gasteiger partial charge in [0, 0.05) is 42.0 Å². The van der Waals surface area contributed by atoms with E-state index in [9.17, 15) is 4.79 Å². The molecule has 0 aliphatic rings. The Morgan fingerprint density at radius 3 is 2.34 bits per heavy atom. The van der Waals surface area contributed by atoms with E-state index in [4.69, 9.17) is 14.2 Å². The standard InChI is InChI=1S/C21H21N3O4S/c1-26-17-10-15(11-18(27-2)19(17)28-3)24-21(25)14-6-4-5-13(9-14)20(29)16-12-22-7-8-23-16/h4-12,20,29H,1-3H3,(H,24,25). The van der Waals surface area contributed by atoms with Crippen LogP contribution in [0.2, 0.25) is 0 Å². The molecule has 1 unspecified atom stereocenters. The lowest BCUT2D eigenvalue weighted by molar-refractivity contribution is 0.102. The number of nitrogens with zero attached hydrogens (tertiary/aromatic N) is 2. The van der Waals surface area contributed by atoms with Crippen LogP contribution in [-0.2, 0) is 0 Å². The summed E-state index contributed by atoms with van der Waals surface area (Å²) < 4.78 is 16.0. The number of carbonyl (C=O) groups is 1. The van der Waals surface area contributed by atoms with Crippen LogP contribution in [0.5, 0.6) is 17.2 Å². The molecule has 29 heavy (non-hydrogen) atoms. The third-order valence-electron chi connectivity index (χ3n) is 4.25. The fourth-order valence-electron chi connectivity index (χ4n) is 2.83. The molecule has 0 bridgehead atoms. The van der Waals surface area contributed by atoms with Crippen molar-refractivity contribution in [3.8, 4) is 17.2 Å². The molecule has 0 aliphatic carbocycles. The Hall–Kier alpha value is -3.26. The van der Waals surface area contributed by atoms with E-state index in [0.29, 0.717) is 34.2 Å². The van der Waals surface area contributed by atoms with E-state index >= 15 is 0 Å². The van der Waals surface area contributed by atoms with Crippen LogP contribution in [0, 0.1) is 0 Å². The summed E-state index contributed by atoms with van der Waals surface area (Å²) >= 11 is 4.62. The average Bonchev–Trinajstić information content (AvgIpc) is 2.78. The van der Waals surface area contributed by atoms with Crippen LogP contribution in [0.1, 0.15) is 26.9 Å². The van der Waals surface area contributed by atoms with Crippen LogP contribution in [0.4, 0.5) is 5.69 Å². The molecule has 0 radical (unpaired) electrons. The van der Waals surface area contributed by atoms with Crippen LogP contribution < -0.4 is 19.5 Å². The van der Waals surface area contributed by atoms with Crippen molar-refractivity contribution in [1.82, 2.24) is 9.97 Å². The van der Waals surface area contributed by atoms with Gasteiger partial charge in [0.15, 0.2) is 11.5 Å². The second kappa shape index (κ2) is 9.29. The zero-order valence-corrected chi connectivity index (χ0v) is 17.1. The minimum absolute atomic E-state index is 0.277. The fraction of sp³-hybridized carbons (Fsp3) is 0.190. The number of thiol groups is 1. The lowest BCUT2D eigenvalue weighted by Crippen LogP contribution is -2.13. The number of hydrogen-bond acceptors (Lipinski definition) is 7. The normalized spacial score (nSPS) is 11.4. The van der Waals surface area contributed by atoms with Crippen molar-refractivity contribution < 1.29 is 19.0 Å². The van der Waals surface area contributed by atoms with Crippen LogP contribution in [-0.4, -0.2) is 37.2 Å². The molecule has 7 nitrogen and oxygen atoms in total. The molecule has 0 saturated heterocycles. The van der Waals surface area contributed by atoms with Crippen LogP contribution >= 0.6 is 12.6 Å². The Labute approximate surface area is 174 Å². The van der Waals surface area contributed by atoms with Gasteiger partial charge in [0.05, 0.1) is 32.3 Å². The molecule has 0 fully saturated rings. The maximum absolute atomic E-state index is 12.8. The van der Waals surface area contributed by atoms with E-state index in [1.165, 1.54) is 21.3 Å². The topological polar surface area (TPSA) is 82.6 Å². The van der Waals surface area contributed by atoms with Gasteiger partial charge in [0.1, 0.15) is 0 Å². The fourth-order valence-corrected chi connectivity index (χ4v) is 3.12. The lowest BCUT2D eigenvalue weighted by Gasteiger charge is -2.15. The lowest BCUT2D eigenvalue weighted by atomic mass is 10.1. The molecular formula is C21H21N3O4S. The average molecular weight is 411 g/mol. The second-order valence-corrected chi connectivity index (χ2v) is 6.54. The molecule has 150 valence electrons. The molecule has 2 aromatic carbocycles. The maximum Gasteiger partial charge on any atom is 0.255 e. The molecule has 8 heteroatoms. The van der Waals surface area contributed by atoms with Crippen molar-refractivity contribution in [3.05, 3.63) is 71.8 Å². The molecule has 1 amide bonds. The highest BCUT2D eigenvalue weighted by molar-refractivity contribution is 7.80. The molecule has 1 aromatic heterocycles. The zero-order chi connectivity index (χ0) is 20.8. The Kier molecular flexibility index (Phi) is 6.56. The van der Waals surface area contributed by atoms with Gasteiger partial charge in [-0.15, -0.1) is 0 Å². The number of rotatable bonds is 7. The highest BCUT2D eigenvalue weighted by Gasteiger charge is 2.17.